The van der Waals surface area contributed by atoms with Crippen molar-refractivity contribution in [3.63, 3.8) is 0 Å². The molecule has 2 aromatic rings. The topological polar surface area (TPSA) is 86.3 Å². The SMILES string of the molecule is COCCNC(=O)C1CN(C(=O)c2ccc(OC)cc2)CC1c1cccc(OC)c1OC. The average molecular weight is 443 g/mol. The van der Waals surface area contributed by atoms with Gasteiger partial charge in [0.2, 0.25) is 5.91 Å². The smallest absolute Gasteiger partial charge is 0.253 e. The molecule has 2 atom stereocenters. The molecule has 8 nitrogen and oxygen atoms in total. The third kappa shape index (κ3) is 4.96. The normalized spacial score (nSPS) is 17.7. The quantitative estimate of drug-likeness (QED) is 0.600. The van der Waals surface area contributed by atoms with Crippen molar-refractivity contribution in [3.8, 4) is 17.2 Å². The monoisotopic (exact) mass is 442 g/mol. The minimum atomic E-state index is -0.435. The van der Waals surface area contributed by atoms with Crippen LogP contribution in [0, 0.1) is 5.92 Å². The Bertz CT molecular complexity index is 931. The molecule has 1 fully saturated rings. The number of hydrogen-bond donors (Lipinski definition) is 1. The third-order valence-electron chi connectivity index (χ3n) is 5.72. The molecule has 1 aliphatic heterocycles. The lowest BCUT2D eigenvalue weighted by Crippen LogP contribution is -2.37. The number of rotatable bonds is 9. The van der Waals surface area contributed by atoms with Crippen LogP contribution in [0.2, 0.25) is 0 Å². The van der Waals surface area contributed by atoms with Gasteiger partial charge in [0.15, 0.2) is 11.5 Å². The van der Waals surface area contributed by atoms with Gasteiger partial charge in [-0.1, -0.05) is 12.1 Å². The van der Waals surface area contributed by atoms with Crippen LogP contribution in [0.1, 0.15) is 21.8 Å². The van der Waals surface area contributed by atoms with Crippen molar-refractivity contribution in [1.82, 2.24) is 10.2 Å². The van der Waals surface area contributed by atoms with Gasteiger partial charge in [-0.25, -0.2) is 0 Å². The Balaban J connectivity index is 1.90. The summed E-state index contributed by atoms with van der Waals surface area (Å²) in [7, 11) is 6.31. The summed E-state index contributed by atoms with van der Waals surface area (Å²) in [5, 5.41) is 2.92. The number of carbonyl (C=O) groups excluding carboxylic acids is 2. The van der Waals surface area contributed by atoms with Crippen molar-refractivity contribution in [1.29, 1.82) is 0 Å². The van der Waals surface area contributed by atoms with E-state index >= 15 is 0 Å². The first-order valence-corrected chi connectivity index (χ1v) is 10.4. The van der Waals surface area contributed by atoms with E-state index in [1.54, 1.807) is 57.6 Å². The number of methoxy groups -OCH3 is 4. The molecule has 0 aliphatic carbocycles. The first-order valence-electron chi connectivity index (χ1n) is 10.4. The summed E-state index contributed by atoms with van der Waals surface area (Å²) in [5.74, 6) is 0.905. The Morgan fingerprint density at radius 1 is 0.969 bits per heavy atom. The summed E-state index contributed by atoms with van der Waals surface area (Å²) < 4.78 is 21.3. The first-order chi connectivity index (χ1) is 15.5. The molecule has 2 aromatic carbocycles. The van der Waals surface area contributed by atoms with Crippen molar-refractivity contribution in [3.05, 3.63) is 53.6 Å². The molecule has 32 heavy (non-hydrogen) atoms. The number of ether oxygens (including phenoxy) is 4. The van der Waals surface area contributed by atoms with Crippen molar-refractivity contribution in [2.24, 2.45) is 5.92 Å². The van der Waals surface area contributed by atoms with Crippen LogP contribution in [0.5, 0.6) is 17.2 Å². The van der Waals surface area contributed by atoms with Crippen molar-refractivity contribution in [2.45, 2.75) is 5.92 Å². The Kier molecular flexibility index (Phi) is 7.94. The van der Waals surface area contributed by atoms with Crippen LogP contribution in [0.25, 0.3) is 0 Å². The van der Waals surface area contributed by atoms with Gasteiger partial charge in [0.25, 0.3) is 5.91 Å². The lowest BCUT2D eigenvalue weighted by molar-refractivity contribution is -0.125. The lowest BCUT2D eigenvalue weighted by atomic mass is 9.87. The van der Waals surface area contributed by atoms with Gasteiger partial charge in [-0.15, -0.1) is 0 Å². The second kappa shape index (κ2) is 10.9. The number of para-hydroxylation sites is 1. The van der Waals surface area contributed by atoms with E-state index in [1.807, 2.05) is 18.2 Å². The van der Waals surface area contributed by atoms with E-state index in [4.69, 9.17) is 18.9 Å². The maximum absolute atomic E-state index is 13.2. The highest BCUT2D eigenvalue weighted by atomic mass is 16.5. The minimum absolute atomic E-state index is 0.123. The Labute approximate surface area is 188 Å². The zero-order valence-electron chi connectivity index (χ0n) is 18.9. The van der Waals surface area contributed by atoms with E-state index in [1.165, 1.54) is 0 Å². The first kappa shape index (κ1) is 23.4. The highest BCUT2D eigenvalue weighted by molar-refractivity contribution is 5.95. The highest BCUT2D eigenvalue weighted by Crippen LogP contribution is 2.42. The summed E-state index contributed by atoms with van der Waals surface area (Å²) >= 11 is 0. The molecule has 0 bridgehead atoms. The molecule has 0 spiro atoms. The summed E-state index contributed by atoms with van der Waals surface area (Å²) in [6, 6.07) is 12.6. The van der Waals surface area contributed by atoms with E-state index in [9.17, 15) is 9.59 Å². The van der Waals surface area contributed by atoms with Gasteiger partial charge in [0.1, 0.15) is 5.75 Å². The molecule has 1 aliphatic rings. The van der Waals surface area contributed by atoms with E-state index in [2.05, 4.69) is 5.32 Å². The van der Waals surface area contributed by atoms with E-state index in [-0.39, 0.29) is 17.7 Å². The molecular weight excluding hydrogens is 412 g/mol. The maximum Gasteiger partial charge on any atom is 0.253 e. The molecule has 0 saturated carbocycles. The maximum atomic E-state index is 13.2. The van der Waals surface area contributed by atoms with Gasteiger partial charge >= 0.3 is 0 Å². The van der Waals surface area contributed by atoms with Crippen molar-refractivity contribution in [2.75, 3.05) is 54.7 Å². The Morgan fingerprint density at radius 3 is 2.34 bits per heavy atom. The van der Waals surface area contributed by atoms with Gasteiger partial charge in [-0.3, -0.25) is 9.59 Å². The van der Waals surface area contributed by atoms with Crippen LogP contribution in [-0.4, -0.2) is 71.4 Å². The van der Waals surface area contributed by atoms with Crippen molar-refractivity contribution >= 4 is 11.8 Å². The Morgan fingerprint density at radius 2 is 1.72 bits per heavy atom. The molecule has 0 aromatic heterocycles. The zero-order valence-corrected chi connectivity index (χ0v) is 18.9. The van der Waals surface area contributed by atoms with Crippen LogP contribution in [0.4, 0.5) is 0 Å². The second-order valence-corrected chi connectivity index (χ2v) is 7.52. The van der Waals surface area contributed by atoms with Crippen LogP contribution in [0.3, 0.4) is 0 Å². The van der Waals surface area contributed by atoms with Crippen molar-refractivity contribution < 1.29 is 28.5 Å². The molecule has 0 radical (unpaired) electrons. The highest BCUT2D eigenvalue weighted by Gasteiger charge is 2.42. The number of likely N-dealkylation sites (tertiary alicyclic amines) is 1. The van der Waals surface area contributed by atoms with E-state index in [0.717, 1.165) is 5.56 Å². The fraction of sp³-hybridized carbons (Fsp3) is 0.417. The van der Waals surface area contributed by atoms with Gasteiger partial charge in [0.05, 0.1) is 33.9 Å². The van der Waals surface area contributed by atoms with Gasteiger partial charge in [0, 0.05) is 43.8 Å². The standard InChI is InChI=1S/C24H30N2O6/c1-29-13-12-25-23(27)20-15-26(24(28)16-8-10-17(30-2)11-9-16)14-19(20)18-6-5-7-21(31-3)22(18)32-4/h5-11,19-20H,12-15H2,1-4H3,(H,25,27). The lowest BCUT2D eigenvalue weighted by Gasteiger charge is -2.21. The zero-order chi connectivity index (χ0) is 23.1. The number of amides is 2. The van der Waals surface area contributed by atoms with E-state index in [0.29, 0.717) is 49.1 Å². The molecule has 1 N–H and O–H groups in total. The molecule has 1 heterocycles. The summed E-state index contributed by atoms with van der Waals surface area (Å²) in [6.45, 7) is 1.51. The van der Waals surface area contributed by atoms with Crippen LogP contribution >= 0.6 is 0 Å². The van der Waals surface area contributed by atoms with Crippen LogP contribution in [0.15, 0.2) is 42.5 Å². The van der Waals surface area contributed by atoms with Crippen LogP contribution < -0.4 is 19.5 Å². The summed E-state index contributed by atoms with van der Waals surface area (Å²) in [6.07, 6.45) is 0. The third-order valence-corrected chi connectivity index (χ3v) is 5.72. The minimum Gasteiger partial charge on any atom is -0.497 e. The van der Waals surface area contributed by atoms with Gasteiger partial charge < -0.3 is 29.2 Å². The number of hydrogen-bond acceptors (Lipinski definition) is 6. The molecule has 3 rings (SSSR count). The Hall–Kier alpha value is -3.26. The van der Waals surface area contributed by atoms with E-state index < -0.39 is 5.92 Å². The molecule has 1 saturated heterocycles. The fourth-order valence-corrected chi connectivity index (χ4v) is 4.08. The summed E-state index contributed by atoms with van der Waals surface area (Å²) in [4.78, 5) is 28.0. The number of nitrogens with zero attached hydrogens (tertiary/aromatic N) is 1. The summed E-state index contributed by atoms with van der Waals surface area (Å²) in [5.41, 5.74) is 1.38. The molecule has 2 amide bonds. The number of carbonyl (C=O) groups is 2. The van der Waals surface area contributed by atoms with Crippen LogP contribution in [-0.2, 0) is 9.53 Å². The number of benzene rings is 2. The largest absolute Gasteiger partial charge is 0.497 e. The molecule has 172 valence electrons. The molecular formula is C24H30N2O6. The predicted octanol–water partition coefficient (Wildman–Crippen LogP) is 2.33. The predicted molar refractivity (Wildman–Crippen MR) is 120 cm³/mol. The average Bonchev–Trinajstić information content (AvgIpc) is 3.28. The number of nitrogens with one attached hydrogen (secondary N) is 1. The second-order valence-electron chi connectivity index (χ2n) is 7.52. The van der Waals surface area contributed by atoms with Gasteiger partial charge in [-0.05, 0) is 30.3 Å². The van der Waals surface area contributed by atoms with Gasteiger partial charge in [-0.2, -0.15) is 0 Å². The fourth-order valence-electron chi connectivity index (χ4n) is 4.08. The molecule has 8 heteroatoms. The molecule has 2 unspecified atom stereocenters.